The van der Waals surface area contributed by atoms with Gasteiger partial charge in [0.15, 0.2) is 0 Å². The van der Waals surface area contributed by atoms with Gasteiger partial charge in [0, 0.05) is 18.8 Å². The number of hydrogen-bond acceptors (Lipinski definition) is 5. The summed E-state index contributed by atoms with van der Waals surface area (Å²) in [6.07, 6.45) is 1.61. The maximum absolute atomic E-state index is 5.62. The predicted molar refractivity (Wildman–Crippen MR) is 78.4 cm³/mol. The number of benzene rings is 1. The van der Waals surface area contributed by atoms with E-state index >= 15 is 0 Å². The molecule has 0 aliphatic carbocycles. The maximum atomic E-state index is 5.62. The van der Waals surface area contributed by atoms with E-state index in [-0.39, 0.29) is 6.01 Å². The summed E-state index contributed by atoms with van der Waals surface area (Å²) >= 11 is 6.81. The summed E-state index contributed by atoms with van der Waals surface area (Å²) in [7, 11) is 1.60. The van der Waals surface area contributed by atoms with Crippen molar-refractivity contribution in [1.82, 2.24) is 9.97 Å². The Balaban J connectivity index is 2.30. The Morgan fingerprint density at radius 3 is 2.58 bits per heavy atom. The van der Waals surface area contributed by atoms with Crippen molar-refractivity contribution in [2.75, 3.05) is 7.11 Å². The Morgan fingerprint density at radius 1 is 1.21 bits per heavy atom. The van der Waals surface area contributed by atoms with Gasteiger partial charge in [0.2, 0.25) is 0 Å². The lowest BCUT2D eigenvalue weighted by atomic mass is 10.3. The van der Waals surface area contributed by atoms with Gasteiger partial charge in [-0.15, -0.1) is 0 Å². The lowest BCUT2D eigenvalue weighted by Crippen LogP contribution is -2.01. The number of methoxy groups -OCH3 is 1. The molecule has 0 saturated carbocycles. The van der Waals surface area contributed by atoms with Crippen molar-refractivity contribution in [2.45, 2.75) is 6.54 Å². The van der Waals surface area contributed by atoms with Crippen LogP contribution < -0.4 is 15.2 Å². The Bertz CT molecular complexity index is 593. The molecule has 0 amide bonds. The minimum atomic E-state index is 0.251. The van der Waals surface area contributed by atoms with Crippen molar-refractivity contribution >= 4 is 31.9 Å². The third-order valence-corrected chi connectivity index (χ3v) is 3.55. The molecule has 2 aromatic rings. The van der Waals surface area contributed by atoms with Crippen molar-refractivity contribution in [3.8, 4) is 17.5 Å². The van der Waals surface area contributed by atoms with Crippen LogP contribution in [0.4, 0.5) is 0 Å². The van der Waals surface area contributed by atoms with Crippen LogP contribution in [-0.2, 0) is 6.54 Å². The second kappa shape index (κ2) is 6.31. The molecule has 100 valence electrons. The summed E-state index contributed by atoms with van der Waals surface area (Å²) < 4.78 is 12.3. The molecule has 0 radical (unpaired) electrons. The Labute approximate surface area is 127 Å². The predicted octanol–water partition coefficient (Wildman–Crippen LogP) is 3.26. The largest absolute Gasteiger partial charge is 0.496 e. The zero-order valence-corrected chi connectivity index (χ0v) is 13.2. The fourth-order valence-corrected chi connectivity index (χ4v) is 2.27. The maximum Gasteiger partial charge on any atom is 0.322 e. The van der Waals surface area contributed by atoms with E-state index in [1.807, 2.05) is 0 Å². The van der Waals surface area contributed by atoms with Crippen LogP contribution in [0, 0.1) is 0 Å². The monoisotopic (exact) mass is 387 g/mol. The molecule has 0 bridgehead atoms. The summed E-state index contributed by atoms with van der Waals surface area (Å²) in [5.41, 5.74) is 6.24. The van der Waals surface area contributed by atoms with Crippen LogP contribution in [-0.4, -0.2) is 17.1 Å². The van der Waals surface area contributed by atoms with Gasteiger partial charge in [0.25, 0.3) is 0 Å². The molecule has 0 fully saturated rings. The lowest BCUT2D eigenvalue weighted by molar-refractivity contribution is 0.406. The second-order valence-corrected chi connectivity index (χ2v) is 5.26. The van der Waals surface area contributed by atoms with E-state index in [1.54, 1.807) is 31.5 Å². The summed E-state index contributed by atoms with van der Waals surface area (Å²) in [6, 6.07) is 5.57. The van der Waals surface area contributed by atoms with Crippen LogP contribution in [0.25, 0.3) is 0 Å². The molecule has 5 nitrogen and oxygen atoms in total. The molecule has 1 aromatic carbocycles. The zero-order chi connectivity index (χ0) is 13.8. The molecular formula is C12H11Br2N3O2. The summed E-state index contributed by atoms with van der Waals surface area (Å²) in [5.74, 6) is 1.29. The van der Waals surface area contributed by atoms with Crippen molar-refractivity contribution < 1.29 is 9.47 Å². The SMILES string of the molecule is COc1cc(Br)c(Oc2nccc(CN)n2)cc1Br. The van der Waals surface area contributed by atoms with Crippen molar-refractivity contribution in [2.24, 2.45) is 5.73 Å². The fraction of sp³-hybridized carbons (Fsp3) is 0.167. The van der Waals surface area contributed by atoms with Gasteiger partial charge in [0.1, 0.15) is 11.5 Å². The number of nitrogens with zero attached hydrogens (tertiary/aromatic N) is 2. The molecule has 19 heavy (non-hydrogen) atoms. The molecule has 0 spiro atoms. The molecule has 1 aromatic heterocycles. The number of rotatable bonds is 4. The van der Waals surface area contributed by atoms with Gasteiger partial charge in [-0.05, 0) is 44.0 Å². The third-order valence-electron chi connectivity index (χ3n) is 2.31. The first-order valence-corrected chi connectivity index (χ1v) is 6.95. The van der Waals surface area contributed by atoms with Gasteiger partial charge in [0.05, 0.1) is 21.7 Å². The van der Waals surface area contributed by atoms with Crippen molar-refractivity contribution in [1.29, 1.82) is 0 Å². The van der Waals surface area contributed by atoms with Gasteiger partial charge in [-0.1, -0.05) is 0 Å². The molecule has 0 atom stereocenters. The van der Waals surface area contributed by atoms with E-state index in [4.69, 9.17) is 15.2 Å². The highest BCUT2D eigenvalue weighted by Gasteiger charge is 2.10. The molecule has 0 saturated heterocycles. The second-order valence-electron chi connectivity index (χ2n) is 3.55. The summed E-state index contributed by atoms with van der Waals surface area (Å²) in [6.45, 7) is 0.340. The molecular weight excluding hydrogens is 378 g/mol. The average Bonchev–Trinajstić information content (AvgIpc) is 2.42. The molecule has 7 heteroatoms. The van der Waals surface area contributed by atoms with E-state index in [9.17, 15) is 0 Å². The number of nitrogens with two attached hydrogens (primary N) is 1. The van der Waals surface area contributed by atoms with Gasteiger partial charge >= 0.3 is 6.01 Å². The minimum absolute atomic E-state index is 0.251. The number of halogens is 2. The molecule has 1 heterocycles. The average molecular weight is 389 g/mol. The Hall–Kier alpha value is -1.18. The van der Waals surface area contributed by atoms with Crippen LogP contribution in [0.15, 0.2) is 33.3 Å². The van der Waals surface area contributed by atoms with Crippen LogP contribution in [0.5, 0.6) is 17.5 Å². The van der Waals surface area contributed by atoms with Crippen LogP contribution in [0.1, 0.15) is 5.69 Å². The van der Waals surface area contributed by atoms with Gasteiger partial charge < -0.3 is 15.2 Å². The smallest absolute Gasteiger partial charge is 0.322 e. The standard InChI is InChI=1S/C12H11Br2N3O2/c1-18-10-4-9(14)11(5-8(10)13)19-12-16-3-2-7(6-15)17-12/h2-5H,6,15H2,1H3. The topological polar surface area (TPSA) is 70.3 Å². The van der Waals surface area contributed by atoms with Crippen molar-refractivity contribution in [3.63, 3.8) is 0 Å². The summed E-state index contributed by atoms with van der Waals surface area (Å²) in [4.78, 5) is 8.21. The molecule has 0 aliphatic rings. The highest BCUT2D eigenvalue weighted by molar-refractivity contribution is 9.11. The quantitative estimate of drug-likeness (QED) is 0.870. The van der Waals surface area contributed by atoms with E-state index in [0.29, 0.717) is 23.7 Å². The highest BCUT2D eigenvalue weighted by Crippen LogP contribution is 2.37. The minimum Gasteiger partial charge on any atom is -0.496 e. The van der Waals surface area contributed by atoms with Crippen LogP contribution in [0.2, 0.25) is 0 Å². The number of ether oxygens (including phenoxy) is 2. The molecule has 2 N–H and O–H groups in total. The first-order chi connectivity index (χ1) is 9.13. The Kier molecular flexibility index (Phi) is 4.73. The first-order valence-electron chi connectivity index (χ1n) is 5.37. The molecule has 0 aliphatic heterocycles. The highest BCUT2D eigenvalue weighted by atomic mass is 79.9. The Morgan fingerprint density at radius 2 is 1.89 bits per heavy atom. The van der Waals surface area contributed by atoms with Crippen LogP contribution in [0.3, 0.4) is 0 Å². The summed E-state index contributed by atoms with van der Waals surface area (Å²) in [5, 5.41) is 0. The molecule has 0 unspecified atom stereocenters. The van der Waals surface area contributed by atoms with E-state index in [2.05, 4.69) is 41.8 Å². The number of aromatic nitrogens is 2. The lowest BCUT2D eigenvalue weighted by Gasteiger charge is -2.10. The van der Waals surface area contributed by atoms with Gasteiger partial charge in [-0.2, -0.15) is 4.98 Å². The third kappa shape index (κ3) is 3.43. The van der Waals surface area contributed by atoms with Gasteiger partial charge in [-0.3, -0.25) is 0 Å². The van der Waals surface area contributed by atoms with Gasteiger partial charge in [-0.25, -0.2) is 4.98 Å². The van der Waals surface area contributed by atoms with E-state index < -0.39 is 0 Å². The zero-order valence-electron chi connectivity index (χ0n) is 10.1. The first kappa shape index (κ1) is 14.2. The fourth-order valence-electron chi connectivity index (χ4n) is 1.38. The molecule has 2 rings (SSSR count). The number of hydrogen-bond donors (Lipinski definition) is 1. The van der Waals surface area contributed by atoms with Crippen molar-refractivity contribution in [3.05, 3.63) is 39.0 Å². The van der Waals surface area contributed by atoms with Crippen LogP contribution >= 0.6 is 31.9 Å². The normalized spacial score (nSPS) is 10.3. The van der Waals surface area contributed by atoms with E-state index in [1.165, 1.54) is 0 Å². The van der Waals surface area contributed by atoms with E-state index in [0.717, 1.165) is 8.95 Å².